The summed E-state index contributed by atoms with van der Waals surface area (Å²) in [5, 5.41) is 5.29. The molecule has 0 bridgehead atoms. The zero-order valence-corrected chi connectivity index (χ0v) is 16.8. The highest BCUT2D eigenvalue weighted by atomic mass is 32.2. The summed E-state index contributed by atoms with van der Waals surface area (Å²) in [5.74, 6) is -0.729. The van der Waals surface area contributed by atoms with Crippen molar-refractivity contribution in [3.05, 3.63) is 35.4 Å². The van der Waals surface area contributed by atoms with Gasteiger partial charge in [0.15, 0.2) is 0 Å². The number of nitrogens with one attached hydrogen (secondary N) is 2. The smallest absolute Gasteiger partial charge is 0.256 e. The molecule has 3 atom stereocenters. The van der Waals surface area contributed by atoms with Crippen LogP contribution in [0.5, 0.6) is 0 Å². The average molecular weight is 391 g/mol. The highest BCUT2D eigenvalue weighted by molar-refractivity contribution is 8.01. The molecule has 2 aliphatic heterocycles. The maximum absolute atomic E-state index is 13.0. The highest BCUT2D eigenvalue weighted by Crippen LogP contribution is 2.56. The van der Waals surface area contributed by atoms with E-state index in [2.05, 4.69) is 10.6 Å². The van der Waals surface area contributed by atoms with E-state index in [-0.39, 0.29) is 23.1 Å². The van der Waals surface area contributed by atoms with Gasteiger partial charge < -0.3 is 20.3 Å². The number of carbonyl (C=O) groups is 3. The molecule has 1 aromatic rings. The van der Waals surface area contributed by atoms with E-state index in [1.165, 1.54) is 0 Å². The summed E-state index contributed by atoms with van der Waals surface area (Å²) in [6.45, 7) is 6.33. The molecule has 146 valence electrons. The fraction of sp³-hybridized carbons (Fsp3) is 0.526. The van der Waals surface area contributed by atoms with Crippen molar-refractivity contribution in [1.29, 1.82) is 0 Å². The van der Waals surface area contributed by atoms with E-state index in [9.17, 15) is 14.4 Å². The van der Waals surface area contributed by atoms with Crippen LogP contribution in [0, 0.1) is 0 Å². The van der Waals surface area contributed by atoms with E-state index in [1.807, 2.05) is 32.0 Å². The Morgan fingerprint density at radius 3 is 2.74 bits per heavy atom. The molecule has 1 fully saturated rings. The summed E-state index contributed by atoms with van der Waals surface area (Å²) >= 11 is 1.60. The Balaban J connectivity index is 1.75. The third-order valence-corrected chi connectivity index (χ3v) is 6.44. The average Bonchev–Trinajstić information content (AvgIpc) is 3.05. The van der Waals surface area contributed by atoms with Crippen molar-refractivity contribution in [3.63, 3.8) is 0 Å². The van der Waals surface area contributed by atoms with Crippen LogP contribution in [-0.2, 0) is 14.3 Å². The molecule has 1 aromatic carbocycles. The first-order valence-corrected chi connectivity index (χ1v) is 9.82. The van der Waals surface area contributed by atoms with Crippen molar-refractivity contribution in [2.75, 3.05) is 20.3 Å². The summed E-state index contributed by atoms with van der Waals surface area (Å²) in [6.07, 6.45) is 0. The number of rotatable bonds is 6. The predicted octanol–water partition coefficient (Wildman–Crippen LogP) is 1.30. The minimum Gasteiger partial charge on any atom is -0.383 e. The van der Waals surface area contributed by atoms with Crippen molar-refractivity contribution in [1.82, 2.24) is 15.5 Å². The summed E-state index contributed by atoms with van der Waals surface area (Å²) < 4.78 is 4.43. The van der Waals surface area contributed by atoms with Gasteiger partial charge in [-0.05, 0) is 32.4 Å². The topological polar surface area (TPSA) is 87.7 Å². The standard InChI is InChI=1S/C19H25N3O4S/c1-11(15(23)20-9-10-26-4)21-16(24)14-19(2,3)27-18-13-8-6-5-7-12(13)17(25)22(14)18/h5-8,11,14,18H,9-10H2,1-4H3,(H,20,23)(H,21,24)/t11-,14+,18-/m0/s1. The Morgan fingerprint density at radius 2 is 2.04 bits per heavy atom. The molecular formula is C19H25N3O4S. The largest absolute Gasteiger partial charge is 0.383 e. The monoisotopic (exact) mass is 391 g/mol. The number of amides is 3. The van der Waals surface area contributed by atoms with Crippen molar-refractivity contribution in [3.8, 4) is 0 Å². The Kier molecular flexibility index (Phi) is 5.48. The maximum Gasteiger partial charge on any atom is 0.256 e. The van der Waals surface area contributed by atoms with Gasteiger partial charge >= 0.3 is 0 Å². The van der Waals surface area contributed by atoms with Crippen LogP contribution in [0.3, 0.4) is 0 Å². The van der Waals surface area contributed by atoms with Gasteiger partial charge in [0.25, 0.3) is 5.91 Å². The van der Waals surface area contributed by atoms with Crippen LogP contribution in [0.25, 0.3) is 0 Å². The molecule has 8 heteroatoms. The predicted molar refractivity (Wildman–Crippen MR) is 103 cm³/mol. The van der Waals surface area contributed by atoms with Crippen molar-refractivity contribution >= 4 is 29.5 Å². The van der Waals surface area contributed by atoms with Gasteiger partial charge in [0.2, 0.25) is 11.8 Å². The third-order valence-electron chi connectivity index (χ3n) is 4.90. The SMILES string of the molecule is COCCNC(=O)[C@H](C)NC(=O)[C@H]1N2C(=O)c3ccccc3[C@@H]2SC1(C)C. The molecule has 7 nitrogen and oxygen atoms in total. The van der Waals surface area contributed by atoms with Gasteiger partial charge in [-0.15, -0.1) is 11.8 Å². The van der Waals surface area contributed by atoms with Gasteiger partial charge in [-0.3, -0.25) is 14.4 Å². The van der Waals surface area contributed by atoms with Crippen molar-refractivity contribution in [2.45, 2.75) is 43.0 Å². The van der Waals surface area contributed by atoms with E-state index in [1.54, 1.807) is 36.8 Å². The van der Waals surface area contributed by atoms with Crippen LogP contribution in [0.15, 0.2) is 24.3 Å². The molecule has 27 heavy (non-hydrogen) atoms. The van der Waals surface area contributed by atoms with Gasteiger partial charge in [0.1, 0.15) is 17.5 Å². The van der Waals surface area contributed by atoms with Crippen molar-refractivity contribution < 1.29 is 19.1 Å². The zero-order valence-electron chi connectivity index (χ0n) is 15.9. The van der Waals surface area contributed by atoms with E-state index in [0.29, 0.717) is 18.7 Å². The Labute approximate surface area is 163 Å². The first kappa shape index (κ1) is 19.7. The van der Waals surface area contributed by atoms with Crippen LogP contribution in [0.4, 0.5) is 0 Å². The summed E-state index contributed by atoms with van der Waals surface area (Å²) in [7, 11) is 1.55. The summed E-state index contributed by atoms with van der Waals surface area (Å²) in [5.41, 5.74) is 1.59. The second kappa shape index (κ2) is 7.52. The molecule has 2 aliphatic rings. The van der Waals surface area contributed by atoms with Crippen LogP contribution in [0.2, 0.25) is 0 Å². The van der Waals surface area contributed by atoms with Gasteiger partial charge in [0, 0.05) is 24.0 Å². The number of ether oxygens (including phenoxy) is 1. The molecule has 2 heterocycles. The van der Waals surface area contributed by atoms with E-state index < -0.39 is 16.8 Å². The van der Waals surface area contributed by atoms with Crippen LogP contribution < -0.4 is 10.6 Å². The zero-order chi connectivity index (χ0) is 19.8. The first-order chi connectivity index (χ1) is 12.8. The number of nitrogens with zero attached hydrogens (tertiary/aromatic N) is 1. The summed E-state index contributed by atoms with van der Waals surface area (Å²) in [6, 6.07) is 6.12. The lowest BCUT2D eigenvalue weighted by Gasteiger charge is -2.30. The summed E-state index contributed by atoms with van der Waals surface area (Å²) in [4.78, 5) is 39.7. The number of hydrogen-bond donors (Lipinski definition) is 2. The molecule has 0 aromatic heterocycles. The van der Waals surface area contributed by atoms with E-state index in [4.69, 9.17) is 4.74 Å². The van der Waals surface area contributed by atoms with Gasteiger partial charge in [-0.1, -0.05) is 18.2 Å². The Bertz CT molecular complexity index is 767. The molecule has 1 saturated heterocycles. The fourth-order valence-electron chi connectivity index (χ4n) is 3.59. The molecule has 0 saturated carbocycles. The lowest BCUT2D eigenvalue weighted by molar-refractivity contribution is -0.131. The Hall–Kier alpha value is -2.06. The van der Waals surface area contributed by atoms with Crippen molar-refractivity contribution in [2.24, 2.45) is 0 Å². The highest BCUT2D eigenvalue weighted by Gasteiger charge is 2.57. The van der Waals surface area contributed by atoms with Crippen LogP contribution >= 0.6 is 11.8 Å². The fourth-order valence-corrected chi connectivity index (χ4v) is 5.18. The number of hydrogen-bond acceptors (Lipinski definition) is 5. The van der Waals surface area contributed by atoms with E-state index >= 15 is 0 Å². The minimum absolute atomic E-state index is 0.133. The molecule has 0 spiro atoms. The first-order valence-electron chi connectivity index (χ1n) is 8.94. The maximum atomic E-state index is 13.0. The third kappa shape index (κ3) is 3.55. The molecule has 0 unspecified atom stereocenters. The van der Waals surface area contributed by atoms with Gasteiger partial charge in [-0.25, -0.2) is 0 Å². The molecule has 2 N–H and O–H groups in total. The number of benzene rings is 1. The van der Waals surface area contributed by atoms with Gasteiger partial charge in [0.05, 0.1) is 6.61 Å². The number of carbonyl (C=O) groups excluding carboxylic acids is 3. The quantitative estimate of drug-likeness (QED) is 0.714. The number of fused-ring (bicyclic) bond motifs is 3. The van der Waals surface area contributed by atoms with E-state index in [0.717, 1.165) is 5.56 Å². The Morgan fingerprint density at radius 1 is 1.33 bits per heavy atom. The molecule has 0 radical (unpaired) electrons. The molecular weight excluding hydrogens is 366 g/mol. The normalized spacial score (nSPS) is 23.6. The molecule has 0 aliphatic carbocycles. The minimum atomic E-state index is -0.700. The lowest BCUT2D eigenvalue weighted by atomic mass is 10.0. The molecule has 3 amide bonds. The second-order valence-electron chi connectivity index (χ2n) is 7.29. The second-order valence-corrected chi connectivity index (χ2v) is 9.02. The van der Waals surface area contributed by atoms with Crippen LogP contribution in [-0.4, -0.2) is 59.7 Å². The number of thioether (sulfide) groups is 1. The number of methoxy groups -OCH3 is 1. The molecule has 3 rings (SSSR count). The van der Waals surface area contributed by atoms with Gasteiger partial charge in [-0.2, -0.15) is 0 Å². The lowest BCUT2D eigenvalue weighted by Crippen LogP contribution is -2.56. The van der Waals surface area contributed by atoms with Crippen LogP contribution in [0.1, 0.15) is 42.1 Å².